The van der Waals surface area contributed by atoms with Crippen molar-refractivity contribution in [2.75, 3.05) is 18.5 Å². The van der Waals surface area contributed by atoms with E-state index in [1.54, 1.807) is 18.2 Å². The van der Waals surface area contributed by atoms with Crippen LogP contribution in [0.25, 0.3) is 0 Å². The topological polar surface area (TPSA) is 76.3 Å². The van der Waals surface area contributed by atoms with Crippen LogP contribution >= 0.6 is 15.9 Å². The molecule has 0 heterocycles. The lowest BCUT2D eigenvalue weighted by Crippen LogP contribution is -2.22. The summed E-state index contributed by atoms with van der Waals surface area (Å²) in [6.07, 6.45) is -0.792. The number of aliphatic hydroxyl groups is 2. The Balaban J connectivity index is 2.67. The molecule has 0 fully saturated rings. The molecule has 0 radical (unpaired) electrons. The fourth-order valence-corrected chi connectivity index (χ4v) is 1.36. The maximum absolute atomic E-state index is 9.11. The Morgan fingerprint density at radius 3 is 2.87 bits per heavy atom. The van der Waals surface area contributed by atoms with Crippen LogP contribution in [0, 0.1) is 11.3 Å². The monoisotopic (exact) mass is 270 g/mol. The van der Waals surface area contributed by atoms with E-state index in [1.165, 1.54) is 0 Å². The van der Waals surface area contributed by atoms with E-state index >= 15 is 0 Å². The van der Waals surface area contributed by atoms with Gasteiger partial charge in [-0.3, -0.25) is 0 Å². The third-order valence-electron chi connectivity index (χ3n) is 1.84. The number of halogens is 1. The van der Waals surface area contributed by atoms with Crippen LogP contribution in [-0.4, -0.2) is 29.5 Å². The van der Waals surface area contributed by atoms with E-state index in [2.05, 4.69) is 21.2 Å². The summed E-state index contributed by atoms with van der Waals surface area (Å²) in [6.45, 7) is -0.0301. The minimum Gasteiger partial charge on any atom is -0.394 e. The van der Waals surface area contributed by atoms with Gasteiger partial charge < -0.3 is 15.5 Å². The van der Waals surface area contributed by atoms with E-state index in [1.807, 2.05) is 6.07 Å². The zero-order valence-electron chi connectivity index (χ0n) is 7.94. The largest absolute Gasteiger partial charge is 0.394 e. The Labute approximate surface area is 96.3 Å². The number of hydrogen-bond donors (Lipinski definition) is 3. The lowest BCUT2D eigenvalue weighted by Gasteiger charge is -2.10. The molecule has 0 saturated carbocycles. The Bertz CT molecular complexity index is 376. The number of aliphatic hydroxyl groups excluding tert-OH is 2. The predicted molar refractivity (Wildman–Crippen MR) is 60.4 cm³/mol. The fourth-order valence-electron chi connectivity index (χ4n) is 1.02. The summed E-state index contributed by atoms with van der Waals surface area (Å²) >= 11 is 3.24. The molecule has 0 aliphatic carbocycles. The average Bonchev–Trinajstić information content (AvgIpc) is 2.27. The molecule has 0 saturated heterocycles. The molecular weight excluding hydrogens is 260 g/mol. The quantitative estimate of drug-likeness (QED) is 0.766. The van der Waals surface area contributed by atoms with E-state index in [0.717, 1.165) is 10.2 Å². The Morgan fingerprint density at radius 2 is 2.27 bits per heavy atom. The van der Waals surface area contributed by atoms with Gasteiger partial charge in [-0.2, -0.15) is 5.26 Å². The van der Waals surface area contributed by atoms with Crippen molar-refractivity contribution in [2.24, 2.45) is 0 Å². The number of benzene rings is 1. The molecule has 4 nitrogen and oxygen atoms in total. The molecule has 0 amide bonds. The summed E-state index contributed by atoms with van der Waals surface area (Å²) in [5.74, 6) is 0. The van der Waals surface area contributed by atoms with Gasteiger partial charge in [0.2, 0.25) is 0 Å². The minimum absolute atomic E-state index is 0.253. The lowest BCUT2D eigenvalue weighted by atomic mass is 10.2. The van der Waals surface area contributed by atoms with Crippen molar-refractivity contribution in [3.05, 3.63) is 28.2 Å². The first kappa shape index (κ1) is 12.0. The zero-order chi connectivity index (χ0) is 11.3. The van der Waals surface area contributed by atoms with Gasteiger partial charge >= 0.3 is 0 Å². The normalized spacial score (nSPS) is 11.9. The zero-order valence-corrected chi connectivity index (χ0v) is 9.53. The number of anilines is 1. The SMILES string of the molecule is N#Cc1cc(NCC(O)CO)ccc1Br. The second kappa shape index (κ2) is 5.71. The van der Waals surface area contributed by atoms with Crippen molar-refractivity contribution in [3.8, 4) is 6.07 Å². The van der Waals surface area contributed by atoms with Gasteiger partial charge in [0.1, 0.15) is 6.07 Å². The van der Waals surface area contributed by atoms with Crippen LogP contribution in [0.2, 0.25) is 0 Å². The second-order valence-electron chi connectivity index (χ2n) is 3.02. The molecule has 0 spiro atoms. The summed E-state index contributed by atoms with van der Waals surface area (Å²) in [5.41, 5.74) is 1.26. The maximum Gasteiger partial charge on any atom is 0.100 e. The molecule has 0 aliphatic rings. The number of rotatable bonds is 4. The van der Waals surface area contributed by atoms with Crippen molar-refractivity contribution in [1.82, 2.24) is 0 Å². The van der Waals surface area contributed by atoms with Crippen molar-refractivity contribution in [3.63, 3.8) is 0 Å². The van der Waals surface area contributed by atoms with Crippen LogP contribution < -0.4 is 5.32 Å². The lowest BCUT2D eigenvalue weighted by molar-refractivity contribution is 0.105. The average molecular weight is 271 g/mol. The first-order valence-electron chi connectivity index (χ1n) is 4.40. The predicted octanol–water partition coefficient (Wildman–Crippen LogP) is 1.09. The smallest absolute Gasteiger partial charge is 0.100 e. The van der Waals surface area contributed by atoms with Crippen LogP contribution in [0.1, 0.15) is 5.56 Å². The third-order valence-corrected chi connectivity index (χ3v) is 2.53. The van der Waals surface area contributed by atoms with E-state index in [9.17, 15) is 0 Å². The van der Waals surface area contributed by atoms with Crippen LogP contribution in [0.5, 0.6) is 0 Å². The molecule has 15 heavy (non-hydrogen) atoms. The minimum atomic E-state index is -0.792. The van der Waals surface area contributed by atoms with Crippen molar-refractivity contribution in [1.29, 1.82) is 5.26 Å². The highest BCUT2D eigenvalue weighted by Crippen LogP contribution is 2.20. The van der Waals surface area contributed by atoms with Gasteiger partial charge in [-0.1, -0.05) is 0 Å². The van der Waals surface area contributed by atoms with E-state index < -0.39 is 6.10 Å². The number of hydrogen-bond acceptors (Lipinski definition) is 4. The van der Waals surface area contributed by atoms with E-state index in [-0.39, 0.29) is 13.2 Å². The Morgan fingerprint density at radius 1 is 1.53 bits per heavy atom. The third kappa shape index (κ3) is 3.51. The maximum atomic E-state index is 9.11. The summed E-state index contributed by atoms with van der Waals surface area (Å²) in [5, 5.41) is 29.4. The highest BCUT2D eigenvalue weighted by Gasteiger charge is 2.03. The molecule has 80 valence electrons. The van der Waals surface area contributed by atoms with Gasteiger partial charge in [0.05, 0.1) is 18.3 Å². The molecule has 0 aliphatic heterocycles. The van der Waals surface area contributed by atoms with Crippen molar-refractivity contribution >= 4 is 21.6 Å². The second-order valence-corrected chi connectivity index (χ2v) is 3.88. The van der Waals surface area contributed by atoms with Crippen LogP contribution in [0.4, 0.5) is 5.69 Å². The molecule has 3 N–H and O–H groups in total. The van der Waals surface area contributed by atoms with Gasteiger partial charge in [0.25, 0.3) is 0 Å². The molecule has 0 aromatic heterocycles. The van der Waals surface area contributed by atoms with Crippen LogP contribution in [0.15, 0.2) is 22.7 Å². The first-order chi connectivity index (χ1) is 7.17. The van der Waals surface area contributed by atoms with Crippen molar-refractivity contribution in [2.45, 2.75) is 6.10 Å². The molecule has 1 atom stereocenters. The van der Waals surface area contributed by atoms with Crippen molar-refractivity contribution < 1.29 is 10.2 Å². The summed E-state index contributed by atoms with van der Waals surface area (Å²) in [4.78, 5) is 0. The molecular formula is C10H11BrN2O2. The molecule has 1 aromatic rings. The molecule has 5 heteroatoms. The molecule has 1 aromatic carbocycles. The summed E-state index contributed by atoms with van der Waals surface area (Å²) in [7, 11) is 0. The summed E-state index contributed by atoms with van der Waals surface area (Å²) in [6, 6.07) is 7.26. The molecule has 1 unspecified atom stereocenters. The highest BCUT2D eigenvalue weighted by atomic mass is 79.9. The van der Waals surface area contributed by atoms with Gasteiger partial charge in [-0.25, -0.2) is 0 Å². The van der Waals surface area contributed by atoms with E-state index in [4.69, 9.17) is 15.5 Å². The Kier molecular flexibility index (Phi) is 4.56. The molecule has 0 bridgehead atoms. The number of nitriles is 1. The van der Waals surface area contributed by atoms with Crippen LogP contribution in [0.3, 0.4) is 0 Å². The standard InChI is InChI=1S/C10H11BrN2O2/c11-10-2-1-8(3-7(10)4-12)13-5-9(15)6-14/h1-3,9,13-15H,5-6H2. The van der Waals surface area contributed by atoms with Gasteiger partial charge in [-0.05, 0) is 34.1 Å². The van der Waals surface area contributed by atoms with E-state index in [0.29, 0.717) is 5.56 Å². The van der Waals surface area contributed by atoms with Gasteiger partial charge in [-0.15, -0.1) is 0 Å². The Hall–Kier alpha value is -1.09. The first-order valence-corrected chi connectivity index (χ1v) is 5.19. The van der Waals surface area contributed by atoms with Gasteiger partial charge in [0.15, 0.2) is 0 Å². The fraction of sp³-hybridized carbons (Fsp3) is 0.300. The van der Waals surface area contributed by atoms with Gasteiger partial charge in [0, 0.05) is 16.7 Å². The highest BCUT2D eigenvalue weighted by molar-refractivity contribution is 9.10. The molecule has 1 rings (SSSR count). The number of nitrogens with zero attached hydrogens (tertiary/aromatic N) is 1. The number of nitrogens with one attached hydrogen (secondary N) is 1. The summed E-state index contributed by atoms with van der Waals surface area (Å²) < 4.78 is 0.734. The van der Waals surface area contributed by atoms with Crippen LogP contribution in [-0.2, 0) is 0 Å².